The minimum atomic E-state index is -0.0565. The van der Waals surface area contributed by atoms with Crippen LogP contribution in [0.4, 0.5) is 0 Å². The Hall–Kier alpha value is -1.59. The molecule has 0 aromatic heterocycles. The molecular formula is C20H28ClN3O2. The molecule has 1 unspecified atom stereocenters. The Kier molecular flexibility index (Phi) is 6.92. The highest BCUT2D eigenvalue weighted by Gasteiger charge is 2.29. The van der Waals surface area contributed by atoms with Crippen LogP contribution >= 0.6 is 11.6 Å². The highest BCUT2D eigenvalue weighted by Crippen LogP contribution is 2.29. The van der Waals surface area contributed by atoms with E-state index in [0.717, 1.165) is 37.8 Å². The second-order valence-electron chi connectivity index (χ2n) is 7.20. The molecule has 142 valence electrons. The molecule has 1 aliphatic heterocycles. The van der Waals surface area contributed by atoms with Crippen LogP contribution in [0.5, 0.6) is 0 Å². The summed E-state index contributed by atoms with van der Waals surface area (Å²) in [6.45, 7) is 2.55. The molecule has 1 aliphatic carbocycles. The van der Waals surface area contributed by atoms with Crippen molar-refractivity contribution >= 4 is 23.4 Å². The highest BCUT2D eigenvalue weighted by atomic mass is 35.5. The summed E-state index contributed by atoms with van der Waals surface area (Å²) in [5.74, 6) is 0.315. The second kappa shape index (κ2) is 9.38. The van der Waals surface area contributed by atoms with E-state index in [2.05, 4.69) is 10.6 Å². The van der Waals surface area contributed by atoms with Gasteiger partial charge in [-0.05, 0) is 24.5 Å². The van der Waals surface area contributed by atoms with Crippen LogP contribution < -0.4 is 10.6 Å². The number of carbonyl (C=O) groups is 2. The highest BCUT2D eigenvalue weighted by molar-refractivity contribution is 6.31. The Balaban J connectivity index is 1.54. The third kappa shape index (κ3) is 4.77. The van der Waals surface area contributed by atoms with Crippen molar-refractivity contribution in [1.82, 2.24) is 15.5 Å². The normalized spacial score (nSPS) is 21.4. The summed E-state index contributed by atoms with van der Waals surface area (Å²) in [7, 11) is 0. The van der Waals surface area contributed by atoms with Crippen LogP contribution in [-0.2, 0) is 9.59 Å². The average molecular weight is 378 g/mol. The van der Waals surface area contributed by atoms with Crippen LogP contribution in [-0.4, -0.2) is 42.9 Å². The number of nitrogens with zero attached hydrogens (tertiary/aromatic N) is 1. The maximum atomic E-state index is 12.8. The van der Waals surface area contributed by atoms with Crippen LogP contribution in [0.25, 0.3) is 0 Å². The number of hydrogen-bond donors (Lipinski definition) is 2. The first-order valence-electron chi connectivity index (χ1n) is 9.69. The lowest BCUT2D eigenvalue weighted by Gasteiger charge is -2.37. The zero-order chi connectivity index (χ0) is 18.4. The van der Waals surface area contributed by atoms with E-state index in [-0.39, 0.29) is 23.8 Å². The van der Waals surface area contributed by atoms with Gasteiger partial charge in [0.15, 0.2) is 0 Å². The topological polar surface area (TPSA) is 61.4 Å². The monoisotopic (exact) mass is 377 g/mol. The third-order valence-electron chi connectivity index (χ3n) is 5.44. The third-order valence-corrected chi connectivity index (χ3v) is 5.79. The van der Waals surface area contributed by atoms with E-state index >= 15 is 0 Å². The molecule has 2 amide bonds. The molecule has 2 fully saturated rings. The number of carbonyl (C=O) groups excluding carboxylic acids is 2. The first kappa shape index (κ1) is 19.2. The van der Waals surface area contributed by atoms with Gasteiger partial charge in [0.1, 0.15) is 0 Å². The van der Waals surface area contributed by atoms with E-state index in [4.69, 9.17) is 11.6 Å². The maximum Gasteiger partial charge on any atom is 0.224 e. The standard InChI is InChI=1S/C20H28ClN3O2/c21-17-9-5-4-8-16(17)18-14-22-12-13-24(18)19(25)10-11-23-20(26)15-6-2-1-3-7-15/h4-5,8-9,15,18,22H,1-3,6-7,10-14H2,(H,23,26). The van der Waals surface area contributed by atoms with E-state index in [9.17, 15) is 9.59 Å². The van der Waals surface area contributed by atoms with Crippen LogP contribution in [0.1, 0.15) is 50.1 Å². The largest absolute Gasteiger partial charge is 0.355 e. The van der Waals surface area contributed by atoms with Crippen LogP contribution in [0.15, 0.2) is 24.3 Å². The van der Waals surface area contributed by atoms with E-state index in [1.54, 1.807) is 0 Å². The van der Waals surface area contributed by atoms with Crippen molar-refractivity contribution in [2.75, 3.05) is 26.2 Å². The van der Waals surface area contributed by atoms with Crippen molar-refractivity contribution in [2.24, 2.45) is 5.92 Å². The molecule has 2 aliphatic rings. The van der Waals surface area contributed by atoms with Gasteiger partial charge in [-0.15, -0.1) is 0 Å². The minimum Gasteiger partial charge on any atom is -0.355 e. The van der Waals surface area contributed by atoms with Crippen LogP contribution in [0.2, 0.25) is 5.02 Å². The fourth-order valence-corrected chi connectivity index (χ4v) is 4.23. The van der Waals surface area contributed by atoms with Crippen molar-refractivity contribution < 1.29 is 9.59 Å². The molecule has 6 heteroatoms. The SMILES string of the molecule is O=C(NCCC(=O)N1CCNCC1c1ccccc1Cl)C1CCCCC1. The molecule has 1 saturated carbocycles. The Labute approximate surface area is 160 Å². The molecule has 26 heavy (non-hydrogen) atoms. The van der Waals surface area contributed by atoms with Crippen molar-refractivity contribution in [2.45, 2.75) is 44.6 Å². The lowest BCUT2D eigenvalue weighted by atomic mass is 9.89. The van der Waals surface area contributed by atoms with Gasteiger partial charge >= 0.3 is 0 Å². The smallest absolute Gasteiger partial charge is 0.224 e. The molecular weight excluding hydrogens is 350 g/mol. The number of piperazine rings is 1. The number of amides is 2. The summed E-state index contributed by atoms with van der Waals surface area (Å²) in [5.41, 5.74) is 0.973. The second-order valence-corrected chi connectivity index (χ2v) is 7.61. The zero-order valence-electron chi connectivity index (χ0n) is 15.2. The van der Waals surface area contributed by atoms with Crippen LogP contribution in [0, 0.1) is 5.92 Å². The lowest BCUT2D eigenvalue weighted by Crippen LogP contribution is -2.49. The van der Waals surface area contributed by atoms with Gasteiger partial charge in [0.2, 0.25) is 11.8 Å². The molecule has 3 rings (SSSR count). The summed E-state index contributed by atoms with van der Waals surface area (Å²) in [6, 6.07) is 7.63. The van der Waals surface area contributed by atoms with E-state index in [0.29, 0.717) is 31.1 Å². The van der Waals surface area contributed by atoms with Crippen molar-refractivity contribution in [3.8, 4) is 0 Å². The number of hydrogen-bond acceptors (Lipinski definition) is 3. The molecule has 0 bridgehead atoms. The molecule has 5 nitrogen and oxygen atoms in total. The summed E-state index contributed by atoms with van der Waals surface area (Å²) in [6.07, 6.45) is 5.79. The maximum absolute atomic E-state index is 12.8. The Morgan fingerprint density at radius 2 is 1.96 bits per heavy atom. The fourth-order valence-electron chi connectivity index (χ4n) is 3.97. The summed E-state index contributed by atoms with van der Waals surface area (Å²) < 4.78 is 0. The molecule has 1 saturated heterocycles. The van der Waals surface area contributed by atoms with Gasteiger partial charge in [-0.2, -0.15) is 0 Å². The van der Waals surface area contributed by atoms with Crippen molar-refractivity contribution in [3.63, 3.8) is 0 Å². The fraction of sp³-hybridized carbons (Fsp3) is 0.600. The van der Waals surface area contributed by atoms with Crippen LogP contribution in [0.3, 0.4) is 0 Å². The number of rotatable bonds is 5. The Morgan fingerprint density at radius 1 is 1.19 bits per heavy atom. The zero-order valence-corrected chi connectivity index (χ0v) is 15.9. The lowest BCUT2D eigenvalue weighted by molar-refractivity contribution is -0.134. The first-order chi connectivity index (χ1) is 12.7. The molecule has 1 heterocycles. The summed E-state index contributed by atoms with van der Waals surface area (Å²) >= 11 is 6.34. The van der Waals surface area contributed by atoms with E-state index < -0.39 is 0 Å². The van der Waals surface area contributed by atoms with E-state index in [1.807, 2.05) is 29.2 Å². The van der Waals surface area contributed by atoms with Gasteiger partial charge in [0.25, 0.3) is 0 Å². The Morgan fingerprint density at radius 3 is 2.73 bits per heavy atom. The average Bonchev–Trinajstić information content (AvgIpc) is 2.69. The number of halogens is 1. The number of benzene rings is 1. The molecule has 0 spiro atoms. The molecule has 2 N–H and O–H groups in total. The Bertz CT molecular complexity index is 631. The van der Waals surface area contributed by atoms with Crippen molar-refractivity contribution in [1.29, 1.82) is 0 Å². The van der Waals surface area contributed by atoms with E-state index in [1.165, 1.54) is 6.42 Å². The van der Waals surface area contributed by atoms with Gasteiger partial charge in [-0.25, -0.2) is 0 Å². The van der Waals surface area contributed by atoms with Gasteiger partial charge in [0.05, 0.1) is 6.04 Å². The molecule has 0 radical (unpaired) electrons. The van der Waals surface area contributed by atoms with Gasteiger partial charge < -0.3 is 15.5 Å². The quantitative estimate of drug-likeness (QED) is 0.829. The number of nitrogens with one attached hydrogen (secondary N) is 2. The molecule has 1 atom stereocenters. The minimum absolute atomic E-state index is 0.0565. The predicted octanol–water partition coefficient (Wildman–Crippen LogP) is 2.90. The summed E-state index contributed by atoms with van der Waals surface area (Å²) in [5, 5.41) is 6.99. The summed E-state index contributed by atoms with van der Waals surface area (Å²) in [4.78, 5) is 26.9. The van der Waals surface area contributed by atoms with Crippen molar-refractivity contribution in [3.05, 3.63) is 34.9 Å². The van der Waals surface area contributed by atoms with Gasteiger partial charge in [0, 0.05) is 43.5 Å². The molecule has 1 aromatic carbocycles. The molecule has 1 aromatic rings. The van der Waals surface area contributed by atoms with Gasteiger partial charge in [-0.3, -0.25) is 9.59 Å². The first-order valence-corrected chi connectivity index (χ1v) is 10.1. The predicted molar refractivity (Wildman–Crippen MR) is 103 cm³/mol. The van der Waals surface area contributed by atoms with Gasteiger partial charge in [-0.1, -0.05) is 49.1 Å².